The molecule has 0 aliphatic carbocycles. The Bertz CT molecular complexity index is 102. The van der Waals surface area contributed by atoms with Crippen molar-refractivity contribution in [2.45, 2.75) is 38.6 Å². The lowest BCUT2D eigenvalue weighted by Crippen LogP contribution is -2.20. The van der Waals surface area contributed by atoms with Crippen molar-refractivity contribution in [2.24, 2.45) is 0 Å². The number of hydrogen-bond donors (Lipinski definition) is 1. The minimum Gasteiger partial charge on any atom is -0.317 e. The predicted molar refractivity (Wildman–Crippen MR) is 45.8 cm³/mol. The van der Waals surface area contributed by atoms with E-state index in [0.717, 1.165) is 6.42 Å². The van der Waals surface area contributed by atoms with Gasteiger partial charge in [0.25, 0.3) is 0 Å². The molecule has 0 saturated carbocycles. The summed E-state index contributed by atoms with van der Waals surface area (Å²) in [5, 5.41) is 3.19. The van der Waals surface area contributed by atoms with Crippen LogP contribution in [0.3, 0.4) is 0 Å². The Labute approximate surface area is 64.2 Å². The first-order chi connectivity index (χ1) is 4.81. The fourth-order valence-electron chi connectivity index (χ4n) is 0.822. The molecule has 1 unspecified atom stereocenters. The van der Waals surface area contributed by atoms with Gasteiger partial charge in [0.15, 0.2) is 0 Å². The fraction of sp³-hybridized carbons (Fsp3) is 0.778. The van der Waals surface area contributed by atoms with E-state index in [1.54, 1.807) is 0 Å². The van der Waals surface area contributed by atoms with Gasteiger partial charge in [-0.15, -0.1) is 12.3 Å². The van der Waals surface area contributed by atoms with Crippen molar-refractivity contribution in [3.05, 3.63) is 0 Å². The van der Waals surface area contributed by atoms with Crippen molar-refractivity contribution in [1.82, 2.24) is 5.32 Å². The van der Waals surface area contributed by atoms with Gasteiger partial charge in [-0.1, -0.05) is 6.42 Å². The number of hydrogen-bond acceptors (Lipinski definition) is 1. The minimum absolute atomic E-state index is 0.637. The van der Waals surface area contributed by atoms with Crippen LogP contribution in [0.25, 0.3) is 0 Å². The van der Waals surface area contributed by atoms with Crippen LogP contribution in [0.15, 0.2) is 0 Å². The third-order valence-electron chi connectivity index (χ3n) is 1.70. The molecule has 0 aliphatic heterocycles. The largest absolute Gasteiger partial charge is 0.317 e. The third kappa shape index (κ3) is 5.65. The highest BCUT2D eigenvalue weighted by Gasteiger charge is 1.95. The van der Waals surface area contributed by atoms with Crippen LogP contribution < -0.4 is 5.32 Å². The van der Waals surface area contributed by atoms with Crippen LogP contribution >= 0.6 is 0 Å². The molecule has 1 heteroatoms. The lowest BCUT2D eigenvalue weighted by molar-refractivity contribution is 0.531. The molecule has 0 aliphatic rings. The van der Waals surface area contributed by atoms with E-state index in [9.17, 15) is 0 Å². The SMILES string of the molecule is C#CCCCCC(C)NC. The maximum atomic E-state index is 5.11. The molecule has 10 heavy (non-hydrogen) atoms. The molecule has 1 nitrogen and oxygen atoms in total. The van der Waals surface area contributed by atoms with E-state index < -0.39 is 0 Å². The summed E-state index contributed by atoms with van der Waals surface area (Å²) in [5.74, 6) is 2.64. The summed E-state index contributed by atoms with van der Waals surface area (Å²) in [6, 6.07) is 0.637. The van der Waals surface area contributed by atoms with Crippen LogP contribution in [0.1, 0.15) is 32.6 Å². The monoisotopic (exact) mass is 139 g/mol. The molecule has 0 bridgehead atoms. The lowest BCUT2D eigenvalue weighted by Gasteiger charge is -2.07. The third-order valence-corrected chi connectivity index (χ3v) is 1.70. The minimum atomic E-state index is 0.637. The molecular weight excluding hydrogens is 122 g/mol. The maximum Gasteiger partial charge on any atom is 0.00860 e. The molecule has 0 rings (SSSR count). The standard InChI is InChI=1S/C9H17N/c1-4-5-6-7-8-9(2)10-3/h1,9-10H,5-8H2,2-3H3. The Morgan fingerprint density at radius 1 is 1.50 bits per heavy atom. The number of unbranched alkanes of at least 4 members (excludes halogenated alkanes) is 2. The first kappa shape index (κ1) is 9.52. The van der Waals surface area contributed by atoms with Crippen LogP contribution in [0, 0.1) is 12.3 Å². The molecule has 0 radical (unpaired) electrons. The molecule has 0 heterocycles. The summed E-state index contributed by atoms with van der Waals surface area (Å²) in [5.41, 5.74) is 0. The average Bonchev–Trinajstić information content (AvgIpc) is 1.98. The Kier molecular flexibility index (Phi) is 6.32. The number of terminal acetylenes is 1. The van der Waals surface area contributed by atoms with E-state index in [4.69, 9.17) is 6.42 Å². The summed E-state index contributed by atoms with van der Waals surface area (Å²) in [6.07, 6.45) is 9.69. The van der Waals surface area contributed by atoms with E-state index in [-0.39, 0.29) is 0 Å². The number of rotatable bonds is 5. The van der Waals surface area contributed by atoms with Gasteiger partial charge in [0.1, 0.15) is 0 Å². The molecule has 0 spiro atoms. The predicted octanol–water partition coefficient (Wildman–Crippen LogP) is 1.79. The Hall–Kier alpha value is -0.480. The van der Waals surface area contributed by atoms with Gasteiger partial charge in [-0.05, 0) is 26.8 Å². The fourth-order valence-corrected chi connectivity index (χ4v) is 0.822. The average molecular weight is 139 g/mol. The summed E-state index contributed by atoms with van der Waals surface area (Å²) in [6.45, 7) is 2.19. The van der Waals surface area contributed by atoms with Gasteiger partial charge in [-0.25, -0.2) is 0 Å². The molecule has 0 saturated heterocycles. The molecule has 0 aromatic rings. The molecule has 0 aromatic carbocycles. The second-order valence-corrected chi connectivity index (χ2v) is 2.64. The number of nitrogens with one attached hydrogen (secondary N) is 1. The topological polar surface area (TPSA) is 12.0 Å². The van der Waals surface area contributed by atoms with E-state index in [0.29, 0.717) is 6.04 Å². The zero-order chi connectivity index (χ0) is 7.82. The highest BCUT2D eigenvalue weighted by Crippen LogP contribution is 2.01. The molecule has 1 atom stereocenters. The van der Waals surface area contributed by atoms with E-state index in [1.807, 2.05) is 7.05 Å². The summed E-state index contributed by atoms with van der Waals surface area (Å²) >= 11 is 0. The van der Waals surface area contributed by atoms with E-state index >= 15 is 0 Å². The lowest BCUT2D eigenvalue weighted by atomic mass is 10.1. The van der Waals surface area contributed by atoms with Crippen molar-refractivity contribution in [3.63, 3.8) is 0 Å². The van der Waals surface area contributed by atoms with Gasteiger partial charge >= 0.3 is 0 Å². The van der Waals surface area contributed by atoms with Crippen molar-refractivity contribution in [3.8, 4) is 12.3 Å². The molecule has 0 fully saturated rings. The van der Waals surface area contributed by atoms with Crippen LogP contribution in [0.4, 0.5) is 0 Å². The molecule has 0 amide bonds. The van der Waals surface area contributed by atoms with Crippen LogP contribution in [-0.2, 0) is 0 Å². The van der Waals surface area contributed by atoms with Crippen molar-refractivity contribution in [1.29, 1.82) is 0 Å². The summed E-state index contributed by atoms with van der Waals surface area (Å²) < 4.78 is 0. The zero-order valence-electron chi connectivity index (χ0n) is 6.98. The highest BCUT2D eigenvalue weighted by atomic mass is 14.8. The van der Waals surface area contributed by atoms with Crippen LogP contribution in [-0.4, -0.2) is 13.1 Å². The Morgan fingerprint density at radius 3 is 2.70 bits per heavy atom. The Balaban J connectivity index is 2.98. The van der Waals surface area contributed by atoms with Gasteiger partial charge in [-0.2, -0.15) is 0 Å². The second kappa shape index (κ2) is 6.64. The van der Waals surface area contributed by atoms with Crippen molar-refractivity contribution >= 4 is 0 Å². The van der Waals surface area contributed by atoms with Crippen molar-refractivity contribution < 1.29 is 0 Å². The second-order valence-electron chi connectivity index (χ2n) is 2.64. The van der Waals surface area contributed by atoms with Gasteiger partial charge in [0.2, 0.25) is 0 Å². The molecule has 1 N–H and O–H groups in total. The summed E-state index contributed by atoms with van der Waals surface area (Å²) in [7, 11) is 1.99. The van der Waals surface area contributed by atoms with Gasteiger partial charge in [0.05, 0.1) is 0 Å². The molecule has 58 valence electrons. The van der Waals surface area contributed by atoms with Gasteiger partial charge < -0.3 is 5.32 Å². The quantitative estimate of drug-likeness (QED) is 0.452. The van der Waals surface area contributed by atoms with Gasteiger partial charge in [-0.3, -0.25) is 0 Å². The van der Waals surface area contributed by atoms with Gasteiger partial charge in [0, 0.05) is 12.5 Å². The first-order valence-corrected chi connectivity index (χ1v) is 3.92. The molecule has 0 aromatic heterocycles. The smallest absolute Gasteiger partial charge is 0.00860 e. The zero-order valence-corrected chi connectivity index (χ0v) is 6.98. The highest BCUT2D eigenvalue weighted by molar-refractivity contribution is 4.82. The normalized spacial score (nSPS) is 12.5. The maximum absolute atomic E-state index is 5.11. The van der Waals surface area contributed by atoms with E-state index in [2.05, 4.69) is 18.2 Å². The first-order valence-electron chi connectivity index (χ1n) is 3.92. The Morgan fingerprint density at radius 2 is 2.20 bits per heavy atom. The van der Waals surface area contributed by atoms with Crippen LogP contribution in [0.2, 0.25) is 0 Å². The van der Waals surface area contributed by atoms with Crippen LogP contribution in [0.5, 0.6) is 0 Å². The van der Waals surface area contributed by atoms with Crippen molar-refractivity contribution in [2.75, 3.05) is 7.05 Å². The molecular formula is C9H17N. The van der Waals surface area contributed by atoms with E-state index in [1.165, 1.54) is 19.3 Å². The summed E-state index contributed by atoms with van der Waals surface area (Å²) in [4.78, 5) is 0.